The molecule has 2 aromatic carbocycles. The molecule has 1 fully saturated rings. The fraction of sp³-hybridized carbons (Fsp3) is 0.286. The number of benzene rings is 2. The van der Waals surface area contributed by atoms with Crippen LogP contribution in [0.3, 0.4) is 0 Å². The standard InChI is InChI=1S/C21H23ClN4/c22-20-6-2-18(3-7-20)16-24-12-14-25(15-13-24)17-19-4-8-21(9-5-19)26-11-1-10-23-26/h1-11H,12-17H2. The summed E-state index contributed by atoms with van der Waals surface area (Å²) in [7, 11) is 0. The average Bonchev–Trinajstić information content (AvgIpc) is 3.21. The van der Waals surface area contributed by atoms with Gasteiger partial charge in [0.15, 0.2) is 0 Å². The van der Waals surface area contributed by atoms with Crippen LogP contribution in [0.4, 0.5) is 0 Å². The highest BCUT2D eigenvalue weighted by molar-refractivity contribution is 6.30. The second kappa shape index (κ2) is 8.04. The van der Waals surface area contributed by atoms with Gasteiger partial charge >= 0.3 is 0 Å². The zero-order valence-electron chi connectivity index (χ0n) is 14.8. The largest absolute Gasteiger partial charge is 0.297 e. The third-order valence-electron chi connectivity index (χ3n) is 4.90. The van der Waals surface area contributed by atoms with Crippen LogP contribution in [-0.4, -0.2) is 45.8 Å². The molecule has 1 aliphatic heterocycles. The number of piperazine rings is 1. The summed E-state index contributed by atoms with van der Waals surface area (Å²) >= 11 is 5.96. The van der Waals surface area contributed by atoms with Crippen molar-refractivity contribution < 1.29 is 0 Å². The van der Waals surface area contributed by atoms with Crippen molar-refractivity contribution >= 4 is 11.6 Å². The lowest BCUT2D eigenvalue weighted by molar-refractivity contribution is 0.122. The molecule has 0 saturated carbocycles. The average molecular weight is 367 g/mol. The maximum atomic E-state index is 5.96. The molecule has 2 heterocycles. The molecule has 1 aromatic heterocycles. The second-order valence-electron chi connectivity index (χ2n) is 6.80. The van der Waals surface area contributed by atoms with Crippen LogP contribution in [0.1, 0.15) is 11.1 Å². The quantitative estimate of drug-likeness (QED) is 0.685. The van der Waals surface area contributed by atoms with E-state index in [2.05, 4.69) is 51.3 Å². The highest BCUT2D eigenvalue weighted by atomic mass is 35.5. The molecule has 0 bridgehead atoms. The summed E-state index contributed by atoms with van der Waals surface area (Å²) in [5, 5.41) is 5.08. The van der Waals surface area contributed by atoms with E-state index in [-0.39, 0.29) is 0 Å². The molecular formula is C21H23ClN4. The summed E-state index contributed by atoms with van der Waals surface area (Å²) in [6.45, 7) is 6.43. The number of hydrogen-bond donors (Lipinski definition) is 0. The lowest BCUT2D eigenvalue weighted by Crippen LogP contribution is -2.45. The van der Waals surface area contributed by atoms with Crippen LogP contribution < -0.4 is 0 Å². The summed E-state index contributed by atoms with van der Waals surface area (Å²) in [6.07, 6.45) is 3.77. The number of nitrogens with zero attached hydrogens (tertiary/aromatic N) is 4. The van der Waals surface area contributed by atoms with Crippen LogP contribution in [0, 0.1) is 0 Å². The fourth-order valence-electron chi connectivity index (χ4n) is 3.39. The summed E-state index contributed by atoms with van der Waals surface area (Å²) in [4.78, 5) is 5.04. The van der Waals surface area contributed by atoms with E-state index in [0.717, 1.165) is 50.0 Å². The van der Waals surface area contributed by atoms with Crippen LogP contribution in [0.25, 0.3) is 5.69 Å². The minimum atomic E-state index is 0.803. The molecule has 4 nitrogen and oxygen atoms in total. The summed E-state index contributed by atoms with van der Waals surface area (Å²) in [6, 6.07) is 18.8. The molecule has 0 unspecified atom stereocenters. The van der Waals surface area contributed by atoms with E-state index in [1.54, 1.807) is 6.20 Å². The number of hydrogen-bond acceptors (Lipinski definition) is 3. The third-order valence-corrected chi connectivity index (χ3v) is 5.15. The van der Waals surface area contributed by atoms with E-state index in [0.29, 0.717) is 0 Å². The van der Waals surface area contributed by atoms with Gasteiger partial charge in [0.05, 0.1) is 5.69 Å². The maximum absolute atomic E-state index is 5.96. The summed E-state index contributed by atoms with van der Waals surface area (Å²) in [5.41, 5.74) is 3.79. The first kappa shape index (κ1) is 17.3. The molecule has 3 aromatic rings. The molecule has 5 heteroatoms. The van der Waals surface area contributed by atoms with Crippen molar-refractivity contribution in [3.05, 3.63) is 83.1 Å². The van der Waals surface area contributed by atoms with Crippen molar-refractivity contribution in [2.24, 2.45) is 0 Å². The molecule has 134 valence electrons. The van der Waals surface area contributed by atoms with E-state index in [1.165, 1.54) is 11.1 Å². The van der Waals surface area contributed by atoms with Crippen molar-refractivity contribution in [3.8, 4) is 5.69 Å². The van der Waals surface area contributed by atoms with Crippen molar-refractivity contribution in [1.29, 1.82) is 0 Å². The van der Waals surface area contributed by atoms with E-state index < -0.39 is 0 Å². The molecule has 0 aliphatic carbocycles. The Morgan fingerprint density at radius 3 is 1.81 bits per heavy atom. The fourth-order valence-corrected chi connectivity index (χ4v) is 3.51. The minimum absolute atomic E-state index is 0.803. The SMILES string of the molecule is Clc1ccc(CN2CCN(Cc3ccc(-n4cccn4)cc3)CC2)cc1. The van der Waals surface area contributed by atoms with Gasteiger partial charge in [0.1, 0.15) is 0 Å². The zero-order valence-corrected chi connectivity index (χ0v) is 15.5. The van der Waals surface area contributed by atoms with Crippen LogP contribution in [0.2, 0.25) is 5.02 Å². The van der Waals surface area contributed by atoms with Crippen LogP contribution in [0.5, 0.6) is 0 Å². The van der Waals surface area contributed by atoms with Gasteiger partial charge in [-0.15, -0.1) is 0 Å². The third kappa shape index (κ3) is 4.33. The van der Waals surface area contributed by atoms with Gasteiger partial charge < -0.3 is 0 Å². The number of halogens is 1. The molecule has 26 heavy (non-hydrogen) atoms. The van der Waals surface area contributed by atoms with Gasteiger partial charge in [-0.25, -0.2) is 4.68 Å². The van der Waals surface area contributed by atoms with Gasteiger partial charge in [-0.1, -0.05) is 35.9 Å². The Morgan fingerprint density at radius 1 is 0.769 bits per heavy atom. The first-order valence-electron chi connectivity index (χ1n) is 9.04. The van der Waals surface area contributed by atoms with Gasteiger partial charge in [0.25, 0.3) is 0 Å². The van der Waals surface area contributed by atoms with Gasteiger partial charge in [-0.05, 0) is 41.5 Å². The first-order chi connectivity index (χ1) is 12.8. The maximum Gasteiger partial charge on any atom is 0.0645 e. The molecule has 1 saturated heterocycles. The predicted molar refractivity (Wildman–Crippen MR) is 106 cm³/mol. The van der Waals surface area contributed by atoms with Crippen LogP contribution >= 0.6 is 11.6 Å². The van der Waals surface area contributed by atoms with Gasteiger partial charge in [0, 0.05) is 56.7 Å². The van der Waals surface area contributed by atoms with Crippen LogP contribution in [0.15, 0.2) is 67.0 Å². The monoisotopic (exact) mass is 366 g/mol. The van der Waals surface area contributed by atoms with Crippen molar-refractivity contribution in [2.45, 2.75) is 13.1 Å². The predicted octanol–water partition coefficient (Wildman–Crippen LogP) is 3.84. The molecule has 0 radical (unpaired) electrons. The topological polar surface area (TPSA) is 24.3 Å². The van der Waals surface area contributed by atoms with Crippen molar-refractivity contribution in [1.82, 2.24) is 19.6 Å². The van der Waals surface area contributed by atoms with Crippen molar-refractivity contribution in [3.63, 3.8) is 0 Å². The lowest BCUT2D eigenvalue weighted by atomic mass is 10.1. The molecule has 0 amide bonds. The van der Waals surface area contributed by atoms with Gasteiger partial charge in [-0.2, -0.15) is 5.10 Å². The summed E-state index contributed by atoms with van der Waals surface area (Å²) in [5.74, 6) is 0. The normalized spacial score (nSPS) is 16.0. The van der Waals surface area contributed by atoms with E-state index in [9.17, 15) is 0 Å². The Kier molecular flexibility index (Phi) is 5.34. The van der Waals surface area contributed by atoms with Crippen molar-refractivity contribution in [2.75, 3.05) is 26.2 Å². The van der Waals surface area contributed by atoms with E-state index in [1.807, 2.05) is 29.1 Å². The first-order valence-corrected chi connectivity index (χ1v) is 9.42. The molecule has 0 atom stereocenters. The highest BCUT2D eigenvalue weighted by Gasteiger charge is 2.17. The number of aromatic nitrogens is 2. The van der Waals surface area contributed by atoms with E-state index in [4.69, 9.17) is 11.6 Å². The molecule has 0 spiro atoms. The van der Waals surface area contributed by atoms with E-state index >= 15 is 0 Å². The Morgan fingerprint density at radius 2 is 1.31 bits per heavy atom. The van der Waals surface area contributed by atoms with Gasteiger partial charge in [-0.3, -0.25) is 9.80 Å². The smallest absolute Gasteiger partial charge is 0.0645 e. The Bertz CT molecular complexity index is 804. The van der Waals surface area contributed by atoms with Gasteiger partial charge in [0.2, 0.25) is 0 Å². The summed E-state index contributed by atoms with van der Waals surface area (Å²) < 4.78 is 1.89. The minimum Gasteiger partial charge on any atom is -0.297 e. The molecule has 1 aliphatic rings. The Labute approximate surface area is 159 Å². The zero-order chi connectivity index (χ0) is 17.8. The highest BCUT2D eigenvalue weighted by Crippen LogP contribution is 2.15. The molecular weight excluding hydrogens is 344 g/mol. The Hall–Kier alpha value is -2.14. The van der Waals surface area contributed by atoms with Crippen LogP contribution in [-0.2, 0) is 13.1 Å². The number of rotatable bonds is 5. The molecule has 0 N–H and O–H groups in total. The Balaban J connectivity index is 1.27. The second-order valence-corrected chi connectivity index (χ2v) is 7.23. The lowest BCUT2D eigenvalue weighted by Gasteiger charge is -2.34. The molecule has 4 rings (SSSR count).